The number of benzene rings is 1. The lowest BCUT2D eigenvalue weighted by molar-refractivity contribution is 0.0873. The lowest BCUT2D eigenvalue weighted by Crippen LogP contribution is -2.62. The van der Waals surface area contributed by atoms with Crippen LogP contribution in [-0.2, 0) is 0 Å². The van der Waals surface area contributed by atoms with Crippen LogP contribution in [0.15, 0.2) is 30.9 Å². The molecule has 1 aliphatic rings. The molecule has 1 aromatic heterocycles. The molecule has 1 aliphatic heterocycles. The van der Waals surface area contributed by atoms with Gasteiger partial charge in [0.15, 0.2) is 0 Å². The second-order valence-electron chi connectivity index (χ2n) is 8.00. The molecule has 3 rings (SSSR count). The smallest absolute Gasteiger partial charge is 0.253 e. The Hall–Kier alpha value is -1.92. The average molecular weight is 362 g/mol. The Labute approximate surface area is 153 Å². The van der Waals surface area contributed by atoms with Gasteiger partial charge in [-0.2, -0.15) is 0 Å². The third kappa shape index (κ3) is 4.19. The van der Waals surface area contributed by atoms with E-state index in [9.17, 15) is 4.79 Å². The highest BCUT2D eigenvalue weighted by Crippen LogP contribution is 2.29. The van der Waals surface area contributed by atoms with Gasteiger partial charge in [-0.15, -0.1) is 10.2 Å². The number of nitrogens with zero attached hydrogens (tertiary/aromatic N) is 3. The van der Waals surface area contributed by atoms with E-state index in [0.29, 0.717) is 10.6 Å². The third-order valence-electron chi connectivity index (χ3n) is 4.44. The van der Waals surface area contributed by atoms with Crippen LogP contribution >= 0.6 is 11.6 Å². The molecule has 1 saturated heterocycles. The Kier molecular flexibility index (Phi) is 4.60. The molecule has 1 amide bonds. The molecule has 1 fully saturated rings. The van der Waals surface area contributed by atoms with E-state index in [1.807, 2.05) is 6.07 Å². The van der Waals surface area contributed by atoms with Crippen molar-refractivity contribution in [1.29, 1.82) is 0 Å². The lowest BCUT2D eigenvalue weighted by atomic mass is 9.79. The summed E-state index contributed by atoms with van der Waals surface area (Å²) in [6.07, 6.45) is 4.90. The Bertz CT molecular complexity index is 754. The van der Waals surface area contributed by atoms with Crippen LogP contribution in [0.5, 0.6) is 0 Å². The number of carbonyl (C=O) groups is 1. The molecule has 6 nitrogen and oxygen atoms in total. The fourth-order valence-corrected chi connectivity index (χ4v) is 4.07. The number of hydrogen-bond acceptors (Lipinski definition) is 4. The Morgan fingerprint density at radius 3 is 2.40 bits per heavy atom. The molecule has 7 heteroatoms. The van der Waals surface area contributed by atoms with Crippen LogP contribution < -0.4 is 10.6 Å². The van der Waals surface area contributed by atoms with E-state index in [-0.39, 0.29) is 23.0 Å². The highest BCUT2D eigenvalue weighted by Gasteiger charge is 2.38. The summed E-state index contributed by atoms with van der Waals surface area (Å²) in [5.74, 6) is -0.154. The van der Waals surface area contributed by atoms with Crippen molar-refractivity contribution in [3.05, 3.63) is 41.4 Å². The summed E-state index contributed by atoms with van der Waals surface area (Å²) >= 11 is 6.27. The first-order valence-corrected chi connectivity index (χ1v) is 8.78. The van der Waals surface area contributed by atoms with Crippen molar-refractivity contribution in [3.8, 4) is 5.69 Å². The monoisotopic (exact) mass is 361 g/mol. The number of piperidine rings is 1. The van der Waals surface area contributed by atoms with Crippen molar-refractivity contribution >= 4 is 17.5 Å². The normalized spacial score (nSPS) is 19.6. The standard InChI is InChI=1S/C18H24ClN5O/c1-17(2)8-12(9-18(3,4)23-17)22-16(25)14-7-13(5-6-15(14)19)24-10-20-21-11-24/h5-7,10-12,23H,8-9H2,1-4H3,(H,22,25). The van der Waals surface area contributed by atoms with Crippen LogP contribution in [0.1, 0.15) is 50.9 Å². The van der Waals surface area contributed by atoms with E-state index in [1.165, 1.54) is 0 Å². The SMILES string of the molecule is CC1(C)CC(NC(=O)c2cc(-n3cnnc3)ccc2Cl)CC(C)(C)N1. The van der Waals surface area contributed by atoms with Crippen molar-refractivity contribution in [1.82, 2.24) is 25.4 Å². The summed E-state index contributed by atoms with van der Waals surface area (Å²) < 4.78 is 1.74. The number of hydrogen-bond donors (Lipinski definition) is 2. The van der Waals surface area contributed by atoms with Gasteiger partial charge >= 0.3 is 0 Å². The second kappa shape index (κ2) is 6.42. The largest absolute Gasteiger partial charge is 0.349 e. The molecule has 0 spiro atoms. The molecule has 0 bridgehead atoms. The molecule has 134 valence electrons. The van der Waals surface area contributed by atoms with E-state index in [4.69, 9.17) is 11.6 Å². The minimum absolute atomic E-state index is 0.0339. The quantitative estimate of drug-likeness (QED) is 0.881. The van der Waals surface area contributed by atoms with Gasteiger partial charge in [0.2, 0.25) is 0 Å². The van der Waals surface area contributed by atoms with Gasteiger partial charge in [0, 0.05) is 22.8 Å². The first-order chi connectivity index (χ1) is 11.7. The predicted molar refractivity (Wildman–Crippen MR) is 98.2 cm³/mol. The maximum Gasteiger partial charge on any atom is 0.253 e. The summed E-state index contributed by atoms with van der Waals surface area (Å²) in [6, 6.07) is 5.41. The maximum atomic E-state index is 12.8. The average Bonchev–Trinajstić information content (AvgIpc) is 2.98. The van der Waals surface area contributed by atoms with Crippen molar-refractivity contribution < 1.29 is 4.79 Å². The van der Waals surface area contributed by atoms with Gasteiger partial charge in [-0.05, 0) is 58.7 Å². The first-order valence-electron chi connectivity index (χ1n) is 8.40. The summed E-state index contributed by atoms with van der Waals surface area (Å²) in [6.45, 7) is 8.64. The zero-order chi connectivity index (χ0) is 18.2. The first kappa shape index (κ1) is 17.9. The second-order valence-corrected chi connectivity index (χ2v) is 8.41. The minimum atomic E-state index is -0.154. The van der Waals surface area contributed by atoms with E-state index in [1.54, 1.807) is 29.4 Å². The van der Waals surface area contributed by atoms with Gasteiger partial charge in [0.25, 0.3) is 5.91 Å². The molecule has 1 aromatic carbocycles. The topological polar surface area (TPSA) is 71.8 Å². The van der Waals surface area contributed by atoms with E-state index < -0.39 is 0 Å². The Balaban J connectivity index is 1.80. The fourth-order valence-electron chi connectivity index (χ4n) is 3.87. The van der Waals surface area contributed by atoms with Gasteiger partial charge in [-0.3, -0.25) is 9.36 Å². The molecule has 0 radical (unpaired) electrons. The van der Waals surface area contributed by atoms with Gasteiger partial charge in [-0.1, -0.05) is 11.6 Å². The molecule has 2 N–H and O–H groups in total. The van der Waals surface area contributed by atoms with Crippen molar-refractivity contribution in [2.24, 2.45) is 0 Å². The summed E-state index contributed by atoms with van der Waals surface area (Å²) in [4.78, 5) is 12.8. The molecule has 25 heavy (non-hydrogen) atoms. The van der Waals surface area contributed by atoms with Crippen LogP contribution in [0.4, 0.5) is 0 Å². The highest BCUT2D eigenvalue weighted by molar-refractivity contribution is 6.33. The maximum absolute atomic E-state index is 12.8. The molecule has 2 aromatic rings. The van der Waals surface area contributed by atoms with Gasteiger partial charge < -0.3 is 10.6 Å². The molecule has 0 aliphatic carbocycles. The van der Waals surface area contributed by atoms with Crippen molar-refractivity contribution in [3.63, 3.8) is 0 Å². The molecule has 0 saturated carbocycles. The van der Waals surface area contributed by atoms with Crippen LogP contribution in [0.3, 0.4) is 0 Å². The van der Waals surface area contributed by atoms with Crippen LogP contribution in [0, 0.1) is 0 Å². The number of nitrogens with one attached hydrogen (secondary N) is 2. The van der Waals surface area contributed by atoms with Crippen molar-refractivity contribution in [2.75, 3.05) is 0 Å². The zero-order valence-corrected chi connectivity index (χ0v) is 15.8. The molecular weight excluding hydrogens is 338 g/mol. The molecular formula is C18H24ClN5O. The number of rotatable bonds is 3. The number of carbonyl (C=O) groups excluding carboxylic acids is 1. The molecule has 2 heterocycles. The third-order valence-corrected chi connectivity index (χ3v) is 4.77. The number of halogens is 1. The van der Waals surface area contributed by atoms with Gasteiger partial charge in [0.05, 0.1) is 10.6 Å². The lowest BCUT2D eigenvalue weighted by Gasteiger charge is -2.46. The fraction of sp³-hybridized carbons (Fsp3) is 0.500. The Morgan fingerprint density at radius 2 is 1.80 bits per heavy atom. The summed E-state index contributed by atoms with van der Waals surface area (Å²) in [5, 5.41) is 14.8. The zero-order valence-electron chi connectivity index (χ0n) is 15.0. The number of aromatic nitrogens is 3. The minimum Gasteiger partial charge on any atom is -0.349 e. The number of amides is 1. The van der Waals surface area contributed by atoms with Crippen LogP contribution in [0.2, 0.25) is 5.02 Å². The highest BCUT2D eigenvalue weighted by atomic mass is 35.5. The van der Waals surface area contributed by atoms with E-state index in [2.05, 4.69) is 48.5 Å². The molecule has 0 atom stereocenters. The van der Waals surface area contributed by atoms with Crippen molar-refractivity contribution in [2.45, 2.75) is 57.7 Å². The van der Waals surface area contributed by atoms with E-state index >= 15 is 0 Å². The summed E-state index contributed by atoms with van der Waals surface area (Å²) in [5.41, 5.74) is 1.19. The van der Waals surface area contributed by atoms with Crippen LogP contribution in [-0.4, -0.2) is 37.8 Å². The predicted octanol–water partition coefficient (Wildman–Crippen LogP) is 2.96. The van der Waals surface area contributed by atoms with Gasteiger partial charge in [-0.25, -0.2) is 0 Å². The molecule has 0 unspecified atom stereocenters. The summed E-state index contributed by atoms with van der Waals surface area (Å²) in [7, 11) is 0. The Morgan fingerprint density at radius 1 is 1.20 bits per heavy atom. The van der Waals surface area contributed by atoms with E-state index in [0.717, 1.165) is 18.5 Å². The van der Waals surface area contributed by atoms with Crippen LogP contribution in [0.25, 0.3) is 5.69 Å². The van der Waals surface area contributed by atoms with Gasteiger partial charge in [0.1, 0.15) is 12.7 Å².